The summed E-state index contributed by atoms with van der Waals surface area (Å²) in [5.41, 5.74) is -1.68. The molecule has 0 spiro atoms. The van der Waals surface area contributed by atoms with Crippen molar-refractivity contribution in [2.45, 2.75) is 183 Å². The first kappa shape index (κ1) is 48.5. The van der Waals surface area contributed by atoms with Crippen LogP contribution < -0.4 is 21.9 Å². The van der Waals surface area contributed by atoms with Gasteiger partial charge in [0.05, 0.1) is 18.8 Å². The van der Waals surface area contributed by atoms with Crippen LogP contribution in [0.15, 0.2) is 34.0 Å². The van der Waals surface area contributed by atoms with E-state index in [2.05, 4.69) is 24.5 Å². The monoisotopic (exact) mass is 844 g/mol. The number of amides is 2. The first-order chi connectivity index (χ1) is 28.0. The number of nitrogens with zero attached hydrogens (tertiary/aromatic N) is 1. The van der Waals surface area contributed by atoms with Gasteiger partial charge in [-0.2, -0.15) is 0 Å². The van der Waals surface area contributed by atoms with Gasteiger partial charge in [0.2, 0.25) is 11.8 Å². The fourth-order valence-electron chi connectivity index (χ4n) is 7.63. The van der Waals surface area contributed by atoms with E-state index < -0.39 is 128 Å². The molecule has 59 heavy (non-hydrogen) atoms. The largest absolute Gasteiger partial charge is 0.394 e. The third-order valence-electron chi connectivity index (χ3n) is 11.0. The summed E-state index contributed by atoms with van der Waals surface area (Å²) in [4.78, 5) is 51.1. The van der Waals surface area contributed by atoms with Crippen LogP contribution in [0.1, 0.15) is 97.6 Å². The summed E-state index contributed by atoms with van der Waals surface area (Å²) in [5, 5.41) is 91.4. The van der Waals surface area contributed by atoms with Crippen LogP contribution in [0, 0.1) is 5.92 Å². The predicted molar refractivity (Wildman–Crippen MR) is 207 cm³/mol. The van der Waals surface area contributed by atoms with Crippen LogP contribution in [-0.2, 0) is 28.5 Å². The van der Waals surface area contributed by atoms with Crippen LogP contribution in [0.25, 0.3) is 0 Å². The van der Waals surface area contributed by atoms with Crippen molar-refractivity contribution in [3.8, 4) is 0 Å². The maximum Gasteiger partial charge on any atom is 0.330 e. The van der Waals surface area contributed by atoms with Gasteiger partial charge < -0.3 is 70.4 Å². The van der Waals surface area contributed by atoms with E-state index >= 15 is 0 Å². The van der Waals surface area contributed by atoms with E-state index in [0.717, 1.165) is 55.4 Å². The number of rotatable bonds is 21. The molecule has 336 valence electrons. The summed E-state index contributed by atoms with van der Waals surface area (Å²) < 4.78 is 24.1. The van der Waals surface area contributed by atoms with Gasteiger partial charge in [-0.15, -0.1) is 0 Å². The average Bonchev–Trinajstić information content (AvgIpc) is 3.47. The van der Waals surface area contributed by atoms with Gasteiger partial charge in [-0.05, 0) is 24.8 Å². The summed E-state index contributed by atoms with van der Waals surface area (Å²) in [6, 6.07) is -2.01. The van der Waals surface area contributed by atoms with Crippen LogP contribution in [0.4, 0.5) is 0 Å². The Hall–Kier alpha value is -3.12. The van der Waals surface area contributed by atoms with Gasteiger partial charge in [0.15, 0.2) is 18.8 Å². The quantitative estimate of drug-likeness (QED) is 0.0467. The fourth-order valence-corrected chi connectivity index (χ4v) is 7.63. The van der Waals surface area contributed by atoms with Crippen molar-refractivity contribution in [3.63, 3.8) is 0 Å². The number of hydrogen-bond donors (Lipinski definition) is 11. The number of aliphatic hydroxyl groups is 8. The van der Waals surface area contributed by atoms with Gasteiger partial charge in [-0.3, -0.25) is 23.9 Å². The number of nitrogens with one attached hydrogen (secondary N) is 3. The van der Waals surface area contributed by atoms with Crippen molar-refractivity contribution in [1.29, 1.82) is 0 Å². The molecule has 20 nitrogen and oxygen atoms in total. The van der Waals surface area contributed by atoms with E-state index in [4.69, 9.17) is 18.9 Å². The molecule has 11 N–H and O–H groups in total. The minimum absolute atomic E-state index is 0.597. The smallest absolute Gasteiger partial charge is 0.330 e. The molecule has 3 aliphatic heterocycles. The molecule has 2 amide bonds. The highest BCUT2D eigenvalue weighted by atomic mass is 16.8. The molecule has 0 aliphatic carbocycles. The van der Waals surface area contributed by atoms with Crippen molar-refractivity contribution in [1.82, 2.24) is 20.2 Å². The minimum atomic E-state index is -1.85. The topological polar surface area (TPSA) is 312 Å². The Morgan fingerprint density at radius 1 is 0.814 bits per heavy atom. The molecule has 3 saturated heterocycles. The Morgan fingerprint density at radius 2 is 1.39 bits per heavy atom. The lowest BCUT2D eigenvalue weighted by Gasteiger charge is -2.47. The summed E-state index contributed by atoms with van der Waals surface area (Å²) in [6.45, 7) is 4.81. The highest BCUT2D eigenvalue weighted by Crippen LogP contribution is 2.34. The number of carbonyl (C=O) groups excluding carboxylic acids is 2. The number of unbranched alkanes of at least 4 members (excludes halogenated alkanes) is 8. The second kappa shape index (κ2) is 23.2. The SMILES string of the molecule is CC(=O)N[C@H]1[C@@H](O[C@@H]2O[C@H](C[C@@H](O)[C@@H]3O[C@H](n4ccc(=O)[nH]c4=O)[C@@H](O)[C@H]3O)[C@H](O)[C@H](O)[C@H]2NC(=O)/C=C/CCCCCCCCCCC(C)C)O[C@H](CO)[C@@H](O)[C@@H]1O. The van der Waals surface area contributed by atoms with Crippen molar-refractivity contribution < 1.29 is 69.4 Å². The zero-order chi connectivity index (χ0) is 43.4. The van der Waals surface area contributed by atoms with Crippen LogP contribution in [-0.4, -0.2) is 155 Å². The molecule has 3 aliphatic rings. The molecular formula is C39H64N4O16. The van der Waals surface area contributed by atoms with Gasteiger partial charge in [-0.1, -0.05) is 71.3 Å². The minimum Gasteiger partial charge on any atom is -0.394 e. The molecule has 1 aromatic rings. The number of carbonyl (C=O) groups is 2. The molecule has 0 saturated carbocycles. The number of aromatic amines is 1. The van der Waals surface area contributed by atoms with Crippen LogP contribution in [0.5, 0.6) is 0 Å². The van der Waals surface area contributed by atoms with Gasteiger partial charge in [-0.25, -0.2) is 4.79 Å². The number of hydrogen-bond acceptors (Lipinski definition) is 16. The number of aliphatic hydroxyl groups excluding tert-OH is 8. The zero-order valence-electron chi connectivity index (χ0n) is 33.8. The summed E-state index contributed by atoms with van der Waals surface area (Å²) in [5.74, 6) is -0.621. The fraction of sp³-hybridized carbons (Fsp3) is 0.795. The van der Waals surface area contributed by atoms with E-state index in [0.29, 0.717) is 6.42 Å². The molecule has 15 atom stereocenters. The third kappa shape index (κ3) is 13.4. The zero-order valence-corrected chi connectivity index (χ0v) is 33.8. The Morgan fingerprint density at radius 3 is 1.98 bits per heavy atom. The second-order valence-corrected chi connectivity index (χ2v) is 16.1. The van der Waals surface area contributed by atoms with Crippen molar-refractivity contribution in [2.24, 2.45) is 5.92 Å². The maximum atomic E-state index is 13.1. The Balaban J connectivity index is 1.44. The van der Waals surface area contributed by atoms with Gasteiger partial charge in [0.25, 0.3) is 5.56 Å². The first-order valence-corrected chi connectivity index (χ1v) is 20.6. The number of aromatic nitrogens is 2. The lowest BCUT2D eigenvalue weighted by atomic mass is 9.91. The predicted octanol–water partition coefficient (Wildman–Crippen LogP) is -2.09. The molecule has 1 aromatic heterocycles. The Bertz CT molecular complexity index is 1610. The molecule has 3 fully saturated rings. The third-order valence-corrected chi connectivity index (χ3v) is 11.0. The lowest BCUT2D eigenvalue weighted by molar-refractivity contribution is -0.346. The molecule has 0 bridgehead atoms. The Labute approximate surface area is 342 Å². The molecule has 20 heteroatoms. The maximum absolute atomic E-state index is 13.1. The highest BCUT2D eigenvalue weighted by molar-refractivity contribution is 5.87. The van der Waals surface area contributed by atoms with E-state index in [9.17, 15) is 60.0 Å². The molecular weight excluding hydrogens is 780 g/mol. The lowest BCUT2D eigenvalue weighted by Crippen LogP contribution is -2.68. The molecule has 0 unspecified atom stereocenters. The van der Waals surface area contributed by atoms with Crippen LogP contribution in [0.3, 0.4) is 0 Å². The number of ether oxygens (including phenoxy) is 4. The molecule has 0 radical (unpaired) electrons. The molecule has 4 rings (SSSR count). The van der Waals surface area contributed by atoms with Crippen molar-refractivity contribution >= 4 is 11.8 Å². The average molecular weight is 845 g/mol. The van der Waals surface area contributed by atoms with E-state index in [1.54, 1.807) is 6.08 Å². The van der Waals surface area contributed by atoms with Crippen molar-refractivity contribution in [3.05, 3.63) is 45.3 Å². The first-order valence-electron chi connectivity index (χ1n) is 20.6. The van der Waals surface area contributed by atoms with Gasteiger partial charge >= 0.3 is 5.69 Å². The molecule has 4 heterocycles. The van der Waals surface area contributed by atoms with E-state index in [1.807, 2.05) is 4.98 Å². The highest BCUT2D eigenvalue weighted by Gasteiger charge is 2.53. The van der Waals surface area contributed by atoms with Gasteiger partial charge in [0, 0.05) is 25.6 Å². The normalized spacial score (nSPS) is 34.3. The van der Waals surface area contributed by atoms with Crippen molar-refractivity contribution in [2.75, 3.05) is 6.61 Å². The summed E-state index contributed by atoms with van der Waals surface area (Å²) in [7, 11) is 0. The second-order valence-electron chi connectivity index (χ2n) is 16.1. The van der Waals surface area contributed by atoms with E-state index in [1.165, 1.54) is 38.2 Å². The molecule has 0 aromatic carbocycles. The number of H-pyrrole nitrogens is 1. The van der Waals surface area contributed by atoms with Crippen LogP contribution >= 0.6 is 0 Å². The standard InChI is InChI=1S/C39H64N4O16/c1-20(2)14-12-10-8-6-4-5-7-9-11-13-15-25(47)41-28-32(52)29(49)23(56-38(28)59-37-27(40-21(3)45)31(51)30(50)24(19-44)57-37)18-22(46)35-33(53)34(54)36(58-35)43-17-16-26(48)42-39(43)55/h13,15-17,20,22-24,27-38,44,46,49-54H,4-12,14,18-19H2,1-3H3,(H,40,45)(H,41,47)(H,42,48,55)/b15-13+/t22-,23-,24-,27-,28-,29+,30-,31-,32-,33-,34+,35+,36+,37-,38+/m1/s1. The van der Waals surface area contributed by atoms with Gasteiger partial charge in [0.1, 0.15) is 60.9 Å². The van der Waals surface area contributed by atoms with E-state index in [-0.39, 0.29) is 0 Å². The van der Waals surface area contributed by atoms with Crippen LogP contribution in [0.2, 0.25) is 0 Å². The summed E-state index contributed by atoms with van der Waals surface area (Å²) in [6.07, 6.45) is -7.65. The number of allylic oxidation sites excluding steroid dienone is 1. The summed E-state index contributed by atoms with van der Waals surface area (Å²) >= 11 is 0. The Kier molecular flexibility index (Phi) is 19.1.